The van der Waals surface area contributed by atoms with Crippen molar-refractivity contribution in [3.8, 4) is 0 Å². The Hall–Kier alpha value is -2.18. The Morgan fingerprint density at radius 1 is 0.892 bits per heavy atom. The number of nitrogens with one attached hydrogen (secondary N) is 1. The van der Waals surface area contributed by atoms with Gasteiger partial charge in [0.05, 0.1) is 5.75 Å². The number of benzene rings is 3. The normalized spacial score (nSPS) is 12.6. The van der Waals surface area contributed by atoms with Crippen molar-refractivity contribution in [1.29, 1.82) is 0 Å². The fourth-order valence-corrected chi connectivity index (χ4v) is 5.51. The zero-order chi connectivity index (χ0) is 26.8. The quantitative estimate of drug-likeness (QED) is 0.243. The third kappa shape index (κ3) is 8.68. The molecule has 0 heterocycles. The van der Waals surface area contributed by atoms with Crippen LogP contribution in [0.25, 0.3) is 0 Å². The maximum atomic E-state index is 13.7. The maximum absolute atomic E-state index is 13.7. The van der Waals surface area contributed by atoms with Crippen LogP contribution in [0.1, 0.15) is 37.0 Å². The molecule has 0 saturated carbocycles. The van der Waals surface area contributed by atoms with E-state index in [2.05, 4.69) is 5.32 Å². The number of thioether (sulfide) groups is 1. The van der Waals surface area contributed by atoms with Gasteiger partial charge in [-0.1, -0.05) is 96.3 Å². The molecule has 0 fully saturated rings. The summed E-state index contributed by atoms with van der Waals surface area (Å²) in [5, 5.41) is 4.64. The zero-order valence-electron chi connectivity index (χ0n) is 20.9. The minimum absolute atomic E-state index is 0.0266. The van der Waals surface area contributed by atoms with Gasteiger partial charge in [-0.05, 0) is 42.7 Å². The molecule has 0 saturated heterocycles. The van der Waals surface area contributed by atoms with Crippen molar-refractivity contribution < 1.29 is 9.59 Å². The molecule has 8 heteroatoms. The van der Waals surface area contributed by atoms with E-state index in [0.29, 0.717) is 32.8 Å². The van der Waals surface area contributed by atoms with E-state index in [-0.39, 0.29) is 30.2 Å². The SMILES string of the molecule is CC[C@@H](C)NC(=O)[C@H](Cc1ccccc1)N(Cc1c(Cl)cccc1Cl)C(=O)CSCc1ccccc1Cl. The highest BCUT2D eigenvalue weighted by Crippen LogP contribution is 2.28. The van der Waals surface area contributed by atoms with Crippen molar-refractivity contribution >= 4 is 58.4 Å². The Balaban J connectivity index is 1.91. The molecule has 2 atom stereocenters. The van der Waals surface area contributed by atoms with Crippen LogP contribution >= 0.6 is 46.6 Å². The molecule has 0 aliphatic carbocycles. The second-order valence-electron chi connectivity index (χ2n) is 8.83. The number of hydrogen-bond donors (Lipinski definition) is 1. The Labute approximate surface area is 238 Å². The lowest BCUT2D eigenvalue weighted by molar-refractivity contribution is -0.139. The molecule has 0 bridgehead atoms. The smallest absolute Gasteiger partial charge is 0.243 e. The van der Waals surface area contributed by atoms with Crippen molar-refractivity contribution in [2.45, 2.75) is 51.1 Å². The van der Waals surface area contributed by atoms with Crippen LogP contribution in [-0.2, 0) is 28.3 Å². The molecule has 0 radical (unpaired) electrons. The highest BCUT2D eigenvalue weighted by Gasteiger charge is 2.31. The van der Waals surface area contributed by atoms with Gasteiger partial charge in [-0.2, -0.15) is 0 Å². The minimum Gasteiger partial charge on any atom is -0.352 e. The van der Waals surface area contributed by atoms with Gasteiger partial charge in [-0.25, -0.2) is 0 Å². The highest BCUT2D eigenvalue weighted by atomic mass is 35.5. The average Bonchev–Trinajstić information content (AvgIpc) is 2.89. The first-order valence-corrected chi connectivity index (χ1v) is 14.5. The van der Waals surface area contributed by atoms with Crippen LogP contribution in [0.3, 0.4) is 0 Å². The van der Waals surface area contributed by atoms with E-state index in [4.69, 9.17) is 34.8 Å². The number of carbonyl (C=O) groups excluding carboxylic acids is 2. The summed E-state index contributed by atoms with van der Waals surface area (Å²) in [6.45, 7) is 4.08. The topological polar surface area (TPSA) is 49.4 Å². The summed E-state index contributed by atoms with van der Waals surface area (Å²) in [4.78, 5) is 28.9. The molecule has 3 aromatic rings. The molecule has 4 nitrogen and oxygen atoms in total. The predicted molar refractivity (Wildman–Crippen MR) is 156 cm³/mol. The summed E-state index contributed by atoms with van der Waals surface area (Å²) in [7, 11) is 0. The summed E-state index contributed by atoms with van der Waals surface area (Å²) in [5.74, 6) is 0.378. The third-order valence-corrected chi connectivity index (χ3v) is 8.15. The van der Waals surface area contributed by atoms with Crippen LogP contribution < -0.4 is 5.32 Å². The largest absolute Gasteiger partial charge is 0.352 e. The van der Waals surface area contributed by atoms with Crippen molar-refractivity contribution in [3.63, 3.8) is 0 Å². The molecular weight excluding hydrogens is 547 g/mol. The van der Waals surface area contributed by atoms with E-state index in [1.807, 2.05) is 68.4 Å². The molecule has 196 valence electrons. The van der Waals surface area contributed by atoms with Gasteiger partial charge in [0.15, 0.2) is 0 Å². The zero-order valence-corrected chi connectivity index (χ0v) is 24.0. The molecular formula is C29H31Cl3N2O2S. The van der Waals surface area contributed by atoms with Gasteiger partial charge in [0.2, 0.25) is 11.8 Å². The number of hydrogen-bond acceptors (Lipinski definition) is 3. The lowest BCUT2D eigenvalue weighted by Crippen LogP contribution is -2.52. The van der Waals surface area contributed by atoms with Crippen molar-refractivity contribution in [2.75, 3.05) is 5.75 Å². The summed E-state index contributed by atoms with van der Waals surface area (Å²) in [5.41, 5.74) is 2.53. The molecule has 37 heavy (non-hydrogen) atoms. The molecule has 3 rings (SSSR count). The lowest BCUT2D eigenvalue weighted by atomic mass is 10.0. The number of halogens is 3. The molecule has 2 amide bonds. The molecule has 0 aromatic heterocycles. The highest BCUT2D eigenvalue weighted by molar-refractivity contribution is 7.99. The predicted octanol–water partition coefficient (Wildman–Crippen LogP) is 7.43. The summed E-state index contributed by atoms with van der Waals surface area (Å²) in [6, 6.07) is 21.7. The van der Waals surface area contributed by atoms with Crippen LogP contribution in [0.5, 0.6) is 0 Å². The average molecular weight is 578 g/mol. The van der Waals surface area contributed by atoms with Crippen LogP contribution in [0, 0.1) is 0 Å². The van der Waals surface area contributed by atoms with Gasteiger partial charge >= 0.3 is 0 Å². The fourth-order valence-electron chi connectivity index (χ4n) is 3.80. The number of carbonyl (C=O) groups is 2. The van der Waals surface area contributed by atoms with E-state index in [1.54, 1.807) is 23.1 Å². The Kier molecular flexibility index (Phi) is 11.7. The van der Waals surface area contributed by atoms with E-state index >= 15 is 0 Å². The van der Waals surface area contributed by atoms with Crippen molar-refractivity contribution in [2.24, 2.45) is 0 Å². The first-order chi connectivity index (χ1) is 17.8. The maximum Gasteiger partial charge on any atom is 0.243 e. The molecule has 0 aliphatic rings. The summed E-state index contributed by atoms with van der Waals surface area (Å²) >= 11 is 20.7. The monoisotopic (exact) mass is 576 g/mol. The number of nitrogens with zero attached hydrogens (tertiary/aromatic N) is 1. The molecule has 0 aliphatic heterocycles. The van der Waals surface area contributed by atoms with Crippen molar-refractivity contribution in [3.05, 3.63) is 105 Å². The minimum atomic E-state index is -0.739. The first-order valence-electron chi connectivity index (χ1n) is 12.2. The molecule has 0 unspecified atom stereocenters. The number of rotatable bonds is 12. The second kappa shape index (κ2) is 14.7. The van der Waals surface area contributed by atoms with E-state index < -0.39 is 6.04 Å². The van der Waals surface area contributed by atoms with Gasteiger partial charge in [0.25, 0.3) is 0 Å². The van der Waals surface area contributed by atoms with E-state index in [9.17, 15) is 9.59 Å². The number of amides is 2. The van der Waals surface area contributed by atoms with Crippen molar-refractivity contribution in [1.82, 2.24) is 10.2 Å². The Morgan fingerprint density at radius 2 is 1.51 bits per heavy atom. The first kappa shape index (κ1) is 29.4. The summed E-state index contributed by atoms with van der Waals surface area (Å²) < 4.78 is 0. The Morgan fingerprint density at radius 3 is 2.16 bits per heavy atom. The van der Waals surface area contributed by atoms with E-state index in [0.717, 1.165) is 17.5 Å². The van der Waals surface area contributed by atoms with Gasteiger partial charge in [0.1, 0.15) is 6.04 Å². The van der Waals surface area contributed by atoms with Gasteiger partial charge < -0.3 is 10.2 Å². The molecule has 0 spiro atoms. The third-order valence-electron chi connectivity index (χ3n) is 6.10. The van der Waals surface area contributed by atoms with E-state index in [1.165, 1.54) is 11.8 Å². The van der Waals surface area contributed by atoms with Crippen LogP contribution in [0.2, 0.25) is 15.1 Å². The van der Waals surface area contributed by atoms with Crippen LogP contribution in [0.4, 0.5) is 0 Å². The van der Waals surface area contributed by atoms with Gasteiger partial charge in [-0.15, -0.1) is 11.8 Å². The van der Waals surface area contributed by atoms with Crippen LogP contribution in [0.15, 0.2) is 72.8 Å². The summed E-state index contributed by atoms with van der Waals surface area (Å²) in [6.07, 6.45) is 1.15. The van der Waals surface area contributed by atoms with Gasteiger partial charge in [-0.3, -0.25) is 9.59 Å². The second-order valence-corrected chi connectivity index (χ2v) is 11.0. The fraction of sp³-hybridized carbons (Fsp3) is 0.310. The van der Waals surface area contributed by atoms with Gasteiger partial charge in [0, 0.05) is 45.4 Å². The lowest BCUT2D eigenvalue weighted by Gasteiger charge is -2.32. The Bertz CT molecular complexity index is 1170. The van der Waals surface area contributed by atoms with Crippen LogP contribution in [-0.4, -0.2) is 34.6 Å². The molecule has 1 N–H and O–H groups in total. The standard InChI is InChI=1S/C29H31Cl3N2O2S/c1-3-20(2)33-29(36)27(16-21-10-5-4-6-11-21)34(17-23-25(31)14-9-15-26(23)32)28(35)19-37-18-22-12-7-8-13-24(22)30/h4-15,20,27H,3,16-19H2,1-2H3,(H,33,36)/t20-,27+/m1/s1. The molecule has 3 aromatic carbocycles.